The first-order valence-electron chi connectivity index (χ1n) is 7.06. The quantitative estimate of drug-likeness (QED) is 0.480. The summed E-state index contributed by atoms with van der Waals surface area (Å²) in [6.07, 6.45) is 1.51. The van der Waals surface area contributed by atoms with Crippen molar-refractivity contribution in [3.05, 3.63) is 61.4 Å². The molecule has 0 saturated carbocycles. The van der Waals surface area contributed by atoms with Crippen molar-refractivity contribution < 1.29 is 19.8 Å². The van der Waals surface area contributed by atoms with Gasteiger partial charge < -0.3 is 10.2 Å². The number of thioether (sulfide) groups is 1. The van der Waals surface area contributed by atoms with E-state index in [4.69, 9.17) is 0 Å². The Bertz CT molecular complexity index is 893. The molecule has 128 valence electrons. The summed E-state index contributed by atoms with van der Waals surface area (Å²) in [4.78, 5) is 26.2. The Hall–Kier alpha value is -1.77. The largest absolute Gasteiger partial charge is 0.504 e. The van der Waals surface area contributed by atoms with Gasteiger partial charge >= 0.3 is 0 Å². The molecular formula is C17H11Br2NO4S. The van der Waals surface area contributed by atoms with Gasteiger partial charge in [-0.25, -0.2) is 0 Å². The van der Waals surface area contributed by atoms with Crippen LogP contribution in [-0.2, 0) is 11.3 Å². The number of imide groups is 1. The number of hydrogen-bond donors (Lipinski definition) is 2. The molecule has 0 bridgehead atoms. The van der Waals surface area contributed by atoms with E-state index in [0.717, 1.165) is 26.3 Å². The van der Waals surface area contributed by atoms with Crippen LogP contribution in [0.4, 0.5) is 4.79 Å². The summed E-state index contributed by atoms with van der Waals surface area (Å²) in [7, 11) is 0. The number of rotatable bonds is 3. The van der Waals surface area contributed by atoms with E-state index in [1.54, 1.807) is 6.07 Å². The van der Waals surface area contributed by atoms with Crippen LogP contribution in [0, 0.1) is 0 Å². The lowest BCUT2D eigenvalue weighted by Crippen LogP contribution is -2.27. The highest BCUT2D eigenvalue weighted by Gasteiger charge is 2.35. The topological polar surface area (TPSA) is 77.8 Å². The maximum absolute atomic E-state index is 12.5. The smallest absolute Gasteiger partial charge is 0.293 e. The number of amides is 2. The Kier molecular flexibility index (Phi) is 5.21. The maximum atomic E-state index is 12.5. The molecule has 8 heteroatoms. The Morgan fingerprint density at radius 2 is 1.68 bits per heavy atom. The third kappa shape index (κ3) is 4.08. The first-order chi connectivity index (χ1) is 11.8. The van der Waals surface area contributed by atoms with Gasteiger partial charge in [0.1, 0.15) is 0 Å². The SMILES string of the molecule is O=C1SC(=Cc2ccc(O)c(O)c2)C(=O)N1Cc1cc(Br)cc(Br)c1. The molecule has 2 N–H and O–H groups in total. The van der Waals surface area contributed by atoms with Crippen molar-refractivity contribution in [2.24, 2.45) is 0 Å². The highest BCUT2D eigenvalue weighted by molar-refractivity contribution is 9.11. The van der Waals surface area contributed by atoms with Gasteiger partial charge in [0, 0.05) is 8.95 Å². The van der Waals surface area contributed by atoms with E-state index in [1.807, 2.05) is 18.2 Å². The van der Waals surface area contributed by atoms with E-state index in [-0.39, 0.29) is 28.2 Å². The summed E-state index contributed by atoms with van der Waals surface area (Å²) in [5.74, 6) is -0.920. The van der Waals surface area contributed by atoms with Gasteiger partial charge in [-0.15, -0.1) is 0 Å². The molecule has 1 fully saturated rings. The zero-order valence-corrected chi connectivity index (χ0v) is 16.6. The Morgan fingerprint density at radius 3 is 2.32 bits per heavy atom. The molecule has 1 saturated heterocycles. The van der Waals surface area contributed by atoms with Crippen molar-refractivity contribution in [2.75, 3.05) is 0 Å². The van der Waals surface area contributed by atoms with Gasteiger partial charge in [-0.2, -0.15) is 0 Å². The lowest BCUT2D eigenvalue weighted by Gasteiger charge is -2.13. The fraction of sp³-hybridized carbons (Fsp3) is 0.0588. The average Bonchev–Trinajstić information content (AvgIpc) is 2.78. The van der Waals surface area contributed by atoms with Crippen molar-refractivity contribution >= 4 is 60.8 Å². The normalized spacial score (nSPS) is 16.1. The van der Waals surface area contributed by atoms with Crippen molar-refractivity contribution in [3.8, 4) is 11.5 Å². The number of carbonyl (C=O) groups is 2. The summed E-state index contributed by atoms with van der Waals surface area (Å²) >= 11 is 7.61. The lowest BCUT2D eigenvalue weighted by molar-refractivity contribution is -0.123. The third-order valence-electron chi connectivity index (χ3n) is 3.43. The van der Waals surface area contributed by atoms with Gasteiger partial charge in [-0.1, -0.05) is 37.9 Å². The molecule has 0 spiro atoms. The second kappa shape index (κ2) is 7.23. The van der Waals surface area contributed by atoms with Crippen LogP contribution in [0.15, 0.2) is 50.2 Å². The van der Waals surface area contributed by atoms with Crippen LogP contribution >= 0.6 is 43.6 Å². The van der Waals surface area contributed by atoms with Gasteiger partial charge in [0.25, 0.3) is 11.1 Å². The molecule has 2 aromatic rings. The molecule has 0 unspecified atom stereocenters. The monoisotopic (exact) mass is 483 g/mol. The van der Waals surface area contributed by atoms with Crippen LogP contribution in [0.25, 0.3) is 6.08 Å². The van der Waals surface area contributed by atoms with E-state index < -0.39 is 5.91 Å². The van der Waals surface area contributed by atoms with Gasteiger partial charge in [0.15, 0.2) is 11.5 Å². The van der Waals surface area contributed by atoms with E-state index in [9.17, 15) is 19.8 Å². The minimum atomic E-state index is -0.390. The summed E-state index contributed by atoms with van der Waals surface area (Å²) in [6, 6.07) is 9.76. The molecule has 2 amide bonds. The number of nitrogens with zero attached hydrogens (tertiary/aromatic N) is 1. The van der Waals surface area contributed by atoms with Crippen molar-refractivity contribution in [2.45, 2.75) is 6.54 Å². The summed E-state index contributed by atoms with van der Waals surface area (Å²) in [5.41, 5.74) is 1.33. The molecule has 0 atom stereocenters. The molecule has 0 aliphatic carbocycles. The van der Waals surface area contributed by atoms with Gasteiger partial charge in [0.05, 0.1) is 11.4 Å². The zero-order chi connectivity index (χ0) is 18.1. The number of benzene rings is 2. The first-order valence-corrected chi connectivity index (χ1v) is 9.46. The lowest BCUT2D eigenvalue weighted by atomic mass is 10.2. The number of aromatic hydroxyl groups is 2. The van der Waals surface area contributed by atoms with Crippen LogP contribution in [0.2, 0.25) is 0 Å². The highest BCUT2D eigenvalue weighted by Crippen LogP contribution is 2.35. The molecule has 1 heterocycles. The second-order valence-electron chi connectivity index (χ2n) is 5.29. The van der Waals surface area contributed by atoms with E-state index in [0.29, 0.717) is 5.56 Å². The number of phenols is 2. The average molecular weight is 485 g/mol. The Balaban J connectivity index is 1.84. The minimum Gasteiger partial charge on any atom is -0.504 e. The Labute approximate surface area is 164 Å². The van der Waals surface area contributed by atoms with E-state index >= 15 is 0 Å². The van der Waals surface area contributed by atoms with Gasteiger partial charge in [-0.05, 0) is 59.3 Å². The Morgan fingerprint density at radius 1 is 1.00 bits per heavy atom. The summed E-state index contributed by atoms with van der Waals surface area (Å²) in [5, 5.41) is 18.5. The van der Waals surface area contributed by atoms with Crippen molar-refractivity contribution in [3.63, 3.8) is 0 Å². The van der Waals surface area contributed by atoms with Crippen LogP contribution in [-0.4, -0.2) is 26.3 Å². The molecular weight excluding hydrogens is 474 g/mol. The number of halogens is 2. The molecule has 1 aliphatic heterocycles. The molecule has 0 aromatic heterocycles. The number of hydrogen-bond acceptors (Lipinski definition) is 5. The highest BCUT2D eigenvalue weighted by atomic mass is 79.9. The number of phenolic OH excluding ortho intramolecular Hbond substituents is 2. The fourth-order valence-electron chi connectivity index (χ4n) is 2.30. The van der Waals surface area contributed by atoms with Gasteiger partial charge in [0.2, 0.25) is 0 Å². The molecule has 2 aromatic carbocycles. The van der Waals surface area contributed by atoms with E-state index in [1.165, 1.54) is 23.1 Å². The molecule has 5 nitrogen and oxygen atoms in total. The van der Waals surface area contributed by atoms with E-state index in [2.05, 4.69) is 31.9 Å². The zero-order valence-electron chi connectivity index (χ0n) is 12.6. The van der Waals surface area contributed by atoms with Crippen LogP contribution in [0.5, 0.6) is 11.5 Å². The predicted octanol–water partition coefficient (Wildman–Crippen LogP) is 4.86. The third-order valence-corrected chi connectivity index (χ3v) is 5.26. The fourth-order valence-corrected chi connectivity index (χ4v) is 4.53. The maximum Gasteiger partial charge on any atom is 0.293 e. The van der Waals surface area contributed by atoms with Gasteiger partial charge in [-0.3, -0.25) is 14.5 Å². The molecule has 3 rings (SSSR count). The van der Waals surface area contributed by atoms with Crippen LogP contribution in [0.1, 0.15) is 11.1 Å². The van der Waals surface area contributed by atoms with Crippen LogP contribution in [0.3, 0.4) is 0 Å². The first kappa shape index (κ1) is 18.0. The summed E-state index contributed by atoms with van der Waals surface area (Å²) in [6.45, 7) is 0.168. The second-order valence-corrected chi connectivity index (χ2v) is 8.12. The molecule has 25 heavy (non-hydrogen) atoms. The van der Waals surface area contributed by atoms with Crippen molar-refractivity contribution in [1.29, 1.82) is 0 Å². The van der Waals surface area contributed by atoms with Crippen molar-refractivity contribution in [1.82, 2.24) is 4.90 Å². The summed E-state index contributed by atoms with van der Waals surface area (Å²) < 4.78 is 1.69. The number of carbonyl (C=O) groups excluding carboxylic acids is 2. The molecule has 1 aliphatic rings. The standard InChI is InChI=1S/C17H11Br2NO4S/c18-11-3-10(4-12(19)7-11)8-20-16(23)15(25-17(20)24)6-9-1-2-13(21)14(22)5-9/h1-7,21-22H,8H2. The predicted molar refractivity (Wildman–Crippen MR) is 103 cm³/mol. The minimum absolute atomic E-state index is 0.168. The molecule has 0 radical (unpaired) electrons. The van der Waals surface area contributed by atoms with Crippen LogP contribution < -0.4 is 0 Å².